The Bertz CT molecular complexity index is 277. The van der Waals surface area contributed by atoms with Crippen LogP contribution in [0.4, 0.5) is 0 Å². The van der Waals surface area contributed by atoms with Crippen LogP contribution in [-0.2, 0) is 6.54 Å². The summed E-state index contributed by atoms with van der Waals surface area (Å²) in [6, 6.07) is 2.66. The fraction of sp³-hybridized carbons (Fsp3) is 0.769. The molecule has 1 N–H and O–H groups in total. The van der Waals surface area contributed by atoms with E-state index in [0.29, 0.717) is 6.04 Å². The monoisotopic (exact) mass is 221 g/mol. The highest BCUT2D eigenvalue weighted by molar-refractivity contribution is 4.78. The minimum atomic E-state index is 0.683. The highest BCUT2D eigenvalue weighted by Crippen LogP contribution is 2.30. The summed E-state index contributed by atoms with van der Waals surface area (Å²) in [6.45, 7) is 4.44. The predicted molar refractivity (Wildman–Crippen MR) is 66.3 cm³/mol. The quantitative estimate of drug-likeness (QED) is 0.717. The summed E-state index contributed by atoms with van der Waals surface area (Å²) in [5.74, 6) is 1.01. The second kappa shape index (κ2) is 6.04. The van der Waals surface area contributed by atoms with Gasteiger partial charge in [-0.2, -0.15) is 5.10 Å². The molecule has 1 atom stereocenters. The van der Waals surface area contributed by atoms with E-state index in [2.05, 4.69) is 17.3 Å². The van der Waals surface area contributed by atoms with Crippen LogP contribution in [0.1, 0.15) is 39.0 Å². The van der Waals surface area contributed by atoms with Gasteiger partial charge in [0, 0.05) is 25.0 Å². The number of hydrogen-bond donors (Lipinski definition) is 1. The van der Waals surface area contributed by atoms with Crippen LogP contribution in [0, 0.1) is 5.92 Å². The molecule has 2 rings (SSSR count). The first-order valence-corrected chi connectivity index (χ1v) is 6.55. The molecule has 16 heavy (non-hydrogen) atoms. The fourth-order valence-electron chi connectivity index (χ4n) is 2.33. The molecule has 90 valence electrons. The Balaban J connectivity index is 1.50. The molecule has 1 aliphatic carbocycles. The van der Waals surface area contributed by atoms with Crippen molar-refractivity contribution in [2.45, 2.75) is 51.6 Å². The highest BCUT2D eigenvalue weighted by Gasteiger charge is 2.19. The molecule has 0 radical (unpaired) electrons. The van der Waals surface area contributed by atoms with Gasteiger partial charge in [0.15, 0.2) is 0 Å². The smallest absolute Gasteiger partial charge is 0.0489 e. The van der Waals surface area contributed by atoms with Gasteiger partial charge in [0.05, 0.1) is 0 Å². The number of aromatic nitrogens is 2. The van der Waals surface area contributed by atoms with Crippen molar-refractivity contribution >= 4 is 0 Å². The van der Waals surface area contributed by atoms with Crippen molar-refractivity contribution in [1.82, 2.24) is 15.1 Å². The van der Waals surface area contributed by atoms with Gasteiger partial charge in [-0.05, 0) is 38.3 Å². The summed E-state index contributed by atoms with van der Waals surface area (Å²) in [6.07, 6.45) is 10.8. The van der Waals surface area contributed by atoms with E-state index < -0.39 is 0 Å². The molecule has 1 saturated carbocycles. The summed E-state index contributed by atoms with van der Waals surface area (Å²) in [5.41, 5.74) is 0. The summed E-state index contributed by atoms with van der Waals surface area (Å²) in [7, 11) is 0. The molecule has 3 heteroatoms. The number of aryl methyl sites for hydroxylation is 1. The molecule has 1 aliphatic rings. The van der Waals surface area contributed by atoms with Gasteiger partial charge in [-0.1, -0.05) is 19.3 Å². The SMILES string of the molecule is CC(CC1CCC1)NCCCn1cccn1. The first-order chi connectivity index (χ1) is 7.84. The van der Waals surface area contributed by atoms with Crippen LogP contribution in [0.25, 0.3) is 0 Å². The molecular formula is C13H23N3. The summed E-state index contributed by atoms with van der Waals surface area (Å²) < 4.78 is 2.00. The Morgan fingerprint density at radius 3 is 3.00 bits per heavy atom. The molecule has 0 bridgehead atoms. The van der Waals surface area contributed by atoms with Gasteiger partial charge >= 0.3 is 0 Å². The first kappa shape index (κ1) is 11.6. The molecule has 0 amide bonds. The molecule has 0 spiro atoms. The van der Waals surface area contributed by atoms with E-state index >= 15 is 0 Å². The maximum Gasteiger partial charge on any atom is 0.0489 e. The first-order valence-electron chi connectivity index (χ1n) is 6.55. The average Bonchev–Trinajstić information content (AvgIpc) is 2.71. The van der Waals surface area contributed by atoms with Crippen molar-refractivity contribution in [3.63, 3.8) is 0 Å². The lowest BCUT2D eigenvalue weighted by Crippen LogP contribution is -2.31. The van der Waals surface area contributed by atoms with Crippen LogP contribution in [-0.4, -0.2) is 22.4 Å². The van der Waals surface area contributed by atoms with Gasteiger partial charge in [0.25, 0.3) is 0 Å². The molecule has 0 aromatic carbocycles. The Hall–Kier alpha value is -0.830. The molecule has 3 nitrogen and oxygen atoms in total. The minimum absolute atomic E-state index is 0.683. The molecule has 1 aromatic heterocycles. The zero-order chi connectivity index (χ0) is 11.2. The number of nitrogens with one attached hydrogen (secondary N) is 1. The summed E-state index contributed by atoms with van der Waals surface area (Å²) >= 11 is 0. The molecule has 1 unspecified atom stereocenters. The maximum absolute atomic E-state index is 4.19. The van der Waals surface area contributed by atoms with Crippen molar-refractivity contribution in [3.05, 3.63) is 18.5 Å². The predicted octanol–water partition coefficient (Wildman–Crippen LogP) is 2.44. The normalized spacial score (nSPS) is 18.3. The Labute approximate surface area is 98.2 Å². The van der Waals surface area contributed by atoms with Crippen molar-refractivity contribution in [2.24, 2.45) is 5.92 Å². The van der Waals surface area contributed by atoms with Crippen LogP contribution in [0.3, 0.4) is 0 Å². The third kappa shape index (κ3) is 3.63. The molecule has 1 fully saturated rings. The van der Waals surface area contributed by atoms with Crippen LogP contribution >= 0.6 is 0 Å². The number of nitrogens with zero attached hydrogens (tertiary/aromatic N) is 2. The Kier molecular flexibility index (Phi) is 4.40. The largest absolute Gasteiger partial charge is 0.314 e. The third-order valence-electron chi connectivity index (χ3n) is 3.53. The molecule has 0 aliphatic heterocycles. The number of rotatable bonds is 7. The summed E-state index contributed by atoms with van der Waals surface area (Å²) in [5, 5.41) is 7.80. The van der Waals surface area contributed by atoms with E-state index in [-0.39, 0.29) is 0 Å². The van der Waals surface area contributed by atoms with Crippen molar-refractivity contribution in [3.8, 4) is 0 Å². The van der Waals surface area contributed by atoms with Crippen molar-refractivity contribution in [2.75, 3.05) is 6.54 Å². The lowest BCUT2D eigenvalue weighted by molar-refractivity contribution is 0.265. The topological polar surface area (TPSA) is 29.9 Å². The van der Waals surface area contributed by atoms with Gasteiger partial charge in [0.2, 0.25) is 0 Å². The average molecular weight is 221 g/mol. The van der Waals surface area contributed by atoms with Gasteiger partial charge in [-0.3, -0.25) is 4.68 Å². The Morgan fingerprint density at radius 1 is 1.50 bits per heavy atom. The van der Waals surface area contributed by atoms with Crippen LogP contribution < -0.4 is 5.32 Å². The highest BCUT2D eigenvalue weighted by atomic mass is 15.3. The van der Waals surface area contributed by atoms with Crippen LogP contribution in [0.5, 0.6) is 0 Å². The zero-order valence-electron chi connectivity index (χ0n) is 10.2. The van der Waals surface area contributed by atoms with Gasteiger partial charge < -0.3 is 5.32 Å². The molecular weight excluding hydrogens is 198 g/mol. The third-order valence-corrected chi connectivity index (χ3v) is 3.53. The zero-order valence-corrected chi connectivity index (χ0v) is 10.2. The van der Waals surface area contributed by atoms with Gasteiger partial charge in [-0.15, -0.1) is 0 Å². The fourth-order valence-corrected chi connectivity index (χ4v) is 2.33. The van der Waals surface area contributed by atoms with Crippen LogP contribution in [0.15, 0.2) is 18.5 Å². The van der Waals surface area contributed by atoms with Gasteiger partial charge in [0.1, 0.15) is 0 Å². The van der Waals surface area contributed by atoms with E-state index in [0.717, 1.165) is 25.4 Å². The maximum atomic E-state index is 4.19. The second-order valence-electron chi connectivity index (χ2n) is 5.01. The van der Waals surface area contributed by atoms with Crippen molar-refractivity contribution < 1.29 is 0 Å². The summed E-state index contributed by atoms with van der Waals surface area (Å²) in [4.78, 5) is 0. The molecule has 1 aromatic rings. The van der Waals surface area contributed by atoms with E-state index in [1.54, 1.807) is 0 Å². The van der Waals surface area contributed by atoms with Gasteiger partial charge in [-0.25, -0.2) is 0 Å². The standard InChI is InChI=1S/C13H23N3/c1-12(11-13-5-2-6-13)14-7-3-9-16-10-4-8-15-16/h4,8,10,12-14H,2-3,5-7,9,11H2,1H3. The van der Waals surface area contributed by atoms with E-state index in [1.165, 1.54) is 25.7 Å². The minimum Gasteiger partial charge on any atom is -0.314 e. The molecule has 1 heterocycles. The van der Waals surface area contributed by atoms with E-state index in [9.17, 15) is 0 Å². The second-order valence-corrected chi connectivity index (χ2v) is 5.01. The lowest BCUT2D eigenvalue weighted by atomic mass is 9.81. The molecule has 0 saturated heterocycles. The number of hydrogen-bond acceptors (Lipinski definition) is 2. The van der Waals surface area contributed by atoms with E-state index in [1.807, 2.05) is 23.1 Å². The van der Waals surface area contributed by atoms with Crippen LogP contribution in [0.2, 0.25) is 0 Å². The van der Waals surface area contributed by atoms with E-state index in [4.69, 9.17) is 0 Å². The van der Waals surface area contributed by atoms with Crippen molar-refractivity contribution in [1.29, 1.82) is 0 Å². The Morgan fingerprint density at radius 2 is 2.38 bits per heavy atom. The lowest BCUT2D eigenvalue weighted by Gasteiger charge is -2.28.